The first-order valence-electron chi connectivity index (χ1n) is 9.54. The molecule has 0 unspecified atom stereocenters. The fourth-order valence-corrected chi connectivity index (χ4v) is 3.22. The van der Waals surface area contributed by atoms with Gasteiger partial charge in [-0.2, -0.15) is 0 Å². The third kappa shape index (κ3) is 4.10. The topological polar surface area (TPSA) is 77.1 Å². The van der Waals surface area contributed by atoms with Gasteiger partial charge in [0.15, 0.2) is 0 Å². The van der Waals surface area contributed by atoms with Crippen molar-refractivity contribution in [2.24, 2.45) is 5.41 Å². The third-order valence-electron chi connectivity index (χ3n) is 4.89. The molecule has 0 atom stereocenters. The smallest absolute Gasteiger partial charge is 0.259 e. The van der Waals surface area contributed by atoms with Crippen molar-refractivity contribution in [1.29, 1.82) is 0 Å². The second-order valence-electron chi connectivity index (χ2n) is 7.58. The van der Waals surface area contributed by atoms with Crippen molar-refractivity contribution in [1.82, 2.24) is 0 Å². The van der Waals surface area contributed by atoms with Gasteiger partial charge in [0.1, 0.15) is 23.9 Å². The molecule has 7 nitrogen and oxygen atoms in total. The number of benzene rings is 2. The van der Waals surface area contributed by atoms with E-state index in [1.165, 1.54) is 7.11 Å². The van der Waals surface area contributed by atoms with Gasteiger partial charge in [-0.3, -0.25) is 9.59 Å². The zero-order valence-corrected chi connectivity index (χ0v) is 17.7. The molecule has 2 aromatic rings. The lowest BCUT2D eigenvalue weighted by Crippen LogP contribution is -2.42. The van der Waals surface area contributed by atoms with E-state index < -0.39 is 5.41 Å². The normalized spacial score (nSPS) is 14.8. The van der Waals surface area contributed by atoms with Crippen molar-refractivity contribution in [3.05, 3.63) is 54.6 Å². The average molecular weight is 410 g/mol. The number of rotatable bonds is 6. The zero-order chi connectivity index (χ0) is 21.9. The molecule has 0 bridgehead atoms. The van der Waals surface area contributed by atoms with Crippen molar-refractivity contribution < 1.29 is 23.8 Å². The van der Waals surface area contributed by atoms with Crippen molar-refractivity contribution in [2.45, 2.75) is 13.8 Å². The van der Waals surface area contributed by atoms with Crippen molar-refractivity contribution in [3.8, 4) is 17.2 Å². The molecule has 0 saturated carbocycles. The van der Waals surface area contributed by atoms with E-state index in [0.29, 0.717) is 40.7 Å². The number of ether oxygens (including phenoxy) is 3. The largest absolute Gasteiger partial charge is 0.497 e. The molecule has 1 aliphatic heterocycles. The van der Waals surface area contributed by atoms with E-state index in [1.807, 2.05) is 13.8 Å². The summed E-state index contributed by atoms with van der Waals surface area (Å²) in [5.74, 6) is 1.16. The standard InChI is InChI=1S/C23H26N2O5/c1-6-11-25-18-12-15(7-10-19(18)30-14-23(2,3)22(25)27)24-21(26)17-9-8-16(28-4)13-20(17)29-5/h6-10,12-13H,1,11,14H2,2-5H3,(H,24,26). The van der Waals surface area contributed by atoms with Gasteiger partial charge >= 0.3 is 0 Å². The minimum absolute atomic E-state index is 0.0681. The lowest BCUT2D eigenvalue weighted by atomic mass is 9.93. The predicted octanol–water partition coefficient (Wildman–Crippen LogP) is 3.89. The monoisotopic (exact) mass is 410 g/mol. The molecule has 0 spiro atoms. The summed E-state index contributed by atoms with van der Waals surface area (Å²) < 4.78 is 16.4. The van der Waals surface area contributed by atoms with Crippen LogP contribution < -0.4 is 24.4 Å². The Morgan fingerprint density at radius 3 is 2.67 bits per heavy atom. The van der Waals surface area contributed by atoms with Crippen LogP contribution >= 0.6 is 0 Å². The Bertz CT molecular complexity index is 984. The molecule has 0 radical (unpaired) electrons. The van der Waals surface area contributed by atoms with Crippen LogP contribution in [0.25, 0.3) is 0 Å². The minimum Gasteiger partial charge on any atom is -0.497 e. The highest BCUT2D eigenvalue weighted by Gasteiger charge is 2.37. The van der Waals surface area contributed by atoms with Gasteiger partial charge in [-0.15, -0.1) is 6.58 Å². The summed E-state index contributed by atoms with van der Waals surface area (Å²) in [6.45, 7) is 8.04. The Kier molecular flexibility index (Phi) is 6.01. The number of nitrogens with zero attached hydrogens (tertiary/aromatic N) is 1. The van der Waals surface area contributed by atoms with E-state index in [-0.39, 0.29) is 18.4 Å². The van der Waals surface area contributed by atoms with Crippen molar-refractivity contribution in [3.63, 3.8) is 0 Å². The summed E-state index contributed by atoms with van der Waals surface area (Å²) in [6.07, 6.45) is 1.66. The Balaban J connectivity index is 1.93. The number of fused-ring (bicyclic) bond motifs is 1. The highest BCUT2D eigenvalue weighted by molar-refractivity contribution is 6.07. The minimum atomic E-state index is -0.679. The van der Waals surface area contributed by atoms with E-state index in [2.05, 4.69) is 11.9 Å². The summed E-state index contributed by atoms with van der Waals surface area (Å²) >= 11 is 0. The van der Waals surface area contributed by atoms with Gasteiger partial charge in [-0.1, -0.05) is 6.08 Å². The first kappa shape index (κ1) is 21.2. The number of carbonyl (C=O) groups is 2. The Morgan fingerprint density at radius 1 is 1.23 bits per heavy atom. The number of methoxy groups -OCH3 is 2. The molecule has 158 valence electrons. The molecular weight excluding hydrogens is 384 g/mol. The Morgan fingerprint density at radius 2 is 2.00 bits per heavy atom. The van der Waals surface area contributed by atoms with Crippen LogP contribution in [-0.4, -0.2) is 39.2 Å². The highest BCUT2D eigenvalue weighted by atomic mass is 16.5. The fraction of sp³-hybridized carbons (Fsp3) is 0.304. The lowest BCUT2D eigenvalue weighted by molar-refractivity contribution is -0.127. The molecule has 1 heterocycles. The summed E-state index contributed by atoms with van der Waals surface area (Å²) in [5.41, 5.74) is 0.804. The zero-order valence-electron chi connectivity index (χ0n) is 17.7. The molecule has 0 saturated heterocycles. The van der Waals surface area contributed by atoms with Crippen LogP contribution in [0.1, 0.15) is 24.2 Å². The van der Waals surface area contributed by atoms with Crippen LogP contribution in [0.5, 0.6) is 17.2 Å². The van der Waals surface area contributed by atoms with Crippen LogP contribution in [0.4, 0.5) is 11.4 Å². The number of hydrogen-bond acceptors (Lipinski definition) is 5. The van der Waals surface area contributed by atoms with Crippen molar-refractivity contribution >= 4 is 23.2 Å². The fourth-order valence-electron chi connectivity index (χ4n) is 3.22. The molecule has 1 N–H and O–H groups in total. The van der Waals surface area contributed by atoms with E-state index >= 15 is 0 Å². The van der Waals surface area contributed by atoms with Gasteiger partial charge in [0.05, 0.1) is 30.9 Å². The highest BCUT2D eigenvalue weighted by Crippen LogP contribution is 2.38. The van der Waals surface area contributed by atoms with Crippen LogP contribution in [0, 0.1) is 5.41 Å². The number of carbonyl (C=O) groups excluding carboxylic acids is 2. The van der Waals surface area contributed by atoms with Crippen LogP contribution in [0.3, 0.4) is 0 Å². The molecule has 3 rings (SSSR count). The predicted molar refractivity (Wildman–Crippen MR) is 116 cm³/mol. The summed E-state index contributed by atoms with van der Waals surface area (Å²) in [5, 5.41) is 2.86. The van der Waals surface area contributed by atoms with Crippen LogP contribution in [-0.2, 0) is 4.79 Å². The number of hydrogen-bond donors (Lipinski definition) is 1. The first-order chi connectivity index (χ1) is 14.3. The molecule has 1 aliphatic rings. The van der Waals surface area contributed by atoms with E-state index in [1.54, 1.807) is 54.5 Å². The molecule has 0 fully saturated rings. The second kappa shape index (κ2) is 8.49. The van der Waals surface area contributed by atoms with E-state index in [9.17, 15) is 9.59 Å². The Hall–Kier alpha value is -3.48. The van der Waals surface area contributed by atoms with Gasteiger partial charge in [-0.25, -0.2) is 0 Å². The molecule has 2 amide bonds. The first-order valence-corrected chi connectivity index (χ1v) is 9.54. The maximum absolute atomic E-state index is 13.0. The SMILES string of the molecule is C=CCN1C(=O)C(C)(C)COc2ccc(NC(=O)c3ccc(OC)cc3OC)cc21. The van der Waals surface area contributed by atoms with Gasteiger partial charge in [0.2, 0.25) is 5.91 Å². The number of amides is 2. The van der Waals surface area contributed by atoms with E-state index in [4.69, 9.17) is 14.2 Å². The summed E-state index contributed by atoms with van der Waals surface area (Å²) in [6, 6.07) is 10.2. The number of anilines is 2. The van der Waals surface area contributed by atoms with Crippen LogP contribution in [0.2, 0.25) is 0 Å². The quantitative estimate of drug-likeness (QED) is 0.731. The van der Waals surface area contributed by atoms with Gasteiger partial charge in [-0.05, 0) is 44.2 Å². The maximum Gasteiger partial charge on any atom is 0.259 e. The third-order valence-corrected chi connectivity index (χ3v) is 4.89. The molecule has 30 heavy (non-hydrogen) atoms. The van der Waals surface area contributed by atoms with Gasteiger partial charge in [0.25, 0.3) is 5.91 Å². The molecule has 7 heteroatoms. The second-order valence-corrected chi connectivity index (χ2v) is 7.58. The lowest BCUT2D eigenvalue weighted by Gasteiger charge is -2.27. The van der Waals surface area contributed by atoms with E-state index in [0.717, 1.165) is 0 Å². The average Bonchev–Trinajstić information content (AvgIpc) is 2.83. The van der Waals surface area contributed by atoms with Gasteiger partial charge < -0.3 is 24.4 Å². The van der Waals surface area contributed by atoms with Crippen molar-refractivity contribution in [2.75, 3.05) is 37.6 Å². The molecule has 0 aromatic heterocycles. The molecule has 0 aliphatic carbocycles. The summed E-state index contributed by atoms with van der Waals surface area (Å²) in [7, 11) is 3.04. The molecular formula is C23H26N2O5. The maximum atomic E-state index is 13.0. The summed E-state index contributed by atoms with van der Waals surface area (Å²) in [4.78, 5) is 27.5. The number of nitrogens with one attached hydrogen (secondary N) is 1. The van der Waals surface area contributed by atoms with Crippen LogP contribution in [0.15, 0.2) is 49.1 Å². The Labute approximate surface area is 176 Å². The van der Waals surface area contributed by atoms with Gasteiger partial charge in [0, 0.05) is 18.3 Å². The molecule has 2 aromatic carbocycles.